The van der Waals surface area contributed by atoms with E-state index >= 15 is 0 Å². The van der Waals surface area contributed by atoms with Crippen LogP contribution >= 0.6 is 0 Å². The molecular formula is C15H30ClNO2. The lowest BCUT2D eigenvalue weighted by Gasteiger charge is -2.35. The second-order valence-corrected chi connectivity index (χ2v) is 4.99. The number of carbonyl (C=O) groups excluding carboxylic acids is 1. The van der Waals surface area contributed by atoms with E-state index in [9.17, 15) is 4.79 Å². The number of ether oxygens (including phenoxy) is 1. The number of hydrogen-bond donors (Lipinski definition) is 0. The van der Waals surface area contributed by atoms with Gasteiger partial charge in [-0.25, -0.2) is 4.79 Å². The minimum Gasteiger partial charge on any atom is -1.00 e. The summed E-state index contributed by atoms with van der Waals surface area (Å²) in [7, 11) is 0. The second kappa shape index (κ2) is 11.3. The van der Waals surface area contributed by atoms with Crippen LogP contribution in [0.15, 0.2) is 12.2 Å². The van der Waals surface area contributed by atoms with E-state index in [1.165, 1.54) is 37.1 Å². The van der Waals surface area contributed by atoms with Gasteiger partial charge in [0.2, 0.25) is 0 Å². The molecule has 19 heavy (non-hydrogen) atoms. The van der Waals surface area contributed by atoms with E-state index in [-0.39, 0.29) is 18.4 Å². The van der Waals surface area contributed by atoms with Gasteiger partial charge in [0.15, 0.2) is 0 Å². The first kappa shape index (κ1) is 20.8. The van der Waals surface area contributed by atoms with Gasteiger partial charge in [-0.1, -0.05) is 6.58 Å². The third kappa shape index (κ3) is 8.27. The van der Waals surface area contributed by atoms with Crippen molar-refractivity contribution in [3.63, 3.8) is 0 Å². The zero-order valence-electron chi connectivity index (χ0n) is 13.0. The first-order valence-electron chi connectivity index (χ1n) is 7.19. The van der Waals surface area contributed by atoms with Crippen molar-refractivity contribution in [3.05, 3.63) is 12.2 Å². The van der Waals surface area contributed by atoms with Gasteiger partial charge < -0.3 is 21.6 Å². The summed E-state index contributed by atoms with van der Waals surface area (Å²) in [5.41, 5.74) is 0.480. The Labute approximate surface area is 125 Å². The molecule has 0 fully saturated rings. The Kier molecular flexibility index (Phi) is 12.4. The predicted molar refractivity (Wildman–Crippen MR) is 76.4 cm³/mol. The summed E-state index contributed by atoms with van der Waals surface area (Å²) in [4.78, 5) is 11.1. The molecule has 0 aliphatic rings. The number of carbonyl (C=O) groups is 1. The van der Waals surface area contributed by atoms with Crippen LogP contribution in [-0.4, -0.2) is 43.2 Å². The number of hydrogen-bond acceptors (Lipinski definition) is 2. The number of nitrogens with zero attached hydrogens (tertiary/aromatic N) is 1. The maximum Gasteiger partial charge on any atom is 0.333 e. The maximum absolute atomic E-state index is 11.1. The first-order chi connectivity index (χ1) is 8.51. The van der Waals surface area contributed by atoms with Crippen molar-refractivity contribution in [1.82, 2.24) is 0 Å². The largest absolute Gasteiger partial charge is 1.00 e. The van der Waals surface area contributed by atoms with Gasteiger partial charge in [0, 0.05) is 5.57 Å². The summed E-state index contributed by atoms with van der Waals surface area (Å²) < 4.78 is 6.27. The molecule has 0 rings (SSSR count). The van der Waals surface area contributed by atoms with Crippen LogP contribution in [-0.2, 0) is 9.53 Å². The normalized spacial score (nSPS) is 10.7. The molecule has 3 nitrogen and oxygen atoms in total. The molecule has 0 bridgehead atoms. The SMILES string of the molecule is C=C(C)C(=O)OCCCCC[N+](CC)(CC)CC.[Cl-]. The molecule has 0 saturated heterocycles. The summed E-state index contributed by atoms with van der Waals surface area (Å²) >= 11 is 0. The Morgan fingerprint density at radius 2 is 1.58 bits per heavy atom. The lowest BCUT2D eigenvalue weighted by molar-refractivity contribution is -0.923. The Balaban J connectivity index is 0. The van der Waals surface area contributed by atoms with E-state index in [2.05, 4.69) is 27.4 Å². The summed E-state index contributed by atoms with van der Waals surface area (Å²) in [5, 5.41) is 0. The quantitative estimate of drug-likeness (QED) is 0.248. The van der Waals surface area contributed by atoms with Gasteiger partial charge in [-0.2, -0.15) is 0 Å². The Hall–Kier alpha value is -0.540. The molecule has 0 aromatic rings. The molecule has 0 aliphatic carbocycles. The van der Waals surface area contributed by atoms with Crippen LogP contribution in [0.3, 0.4) is 0 Å². The van der Waals surface area contributed by atoms with Crippen LogP contribution in [0.5, 0.6) is 0 Å². The lowest BCUT2D eigenvalue weighted by atomic mass is 10.2. The third-order valence-corrected chi connectivity index (χ3v) is 3.87. The van der Waals surface area contributed by atoms with Crippen LogP contribution < -0.4 is 12.4 Å². The molecule has 0 unspecified atom stereocenters. The fourth-order valence-electron chi connectivity index (χ4n) is 2.16. The highest BCUT2D eigenvalue weighted by Crippen LogP contribution is 2.09. The molecule has 0 amide bonds. The van der Waals surface area contributed by atoms with E-state index in [0.29, 0.717) is 12.2 Å². The van der Waals surface area contributed by atoms with E-state index < -0.39 is 0 Å². The van der Waals surface area contributed by atoms with Gasteiger partial charge in [0.05, 0.1) is 32.8 Å². The van der Waals surface area contributed by atoms with Crippen molar-refractivity contribution >= 4 is 5.97 Å². The van der Waals surface area contributed by atoms with Gasteiger partial charge in [0.25, 0.3) is 0 Å². The minimum absolute atomic E-state index is 0. The predicted octanol–water partition coefficient (Wildman–Crippen LogP) is 0.157. The Morgan fingerprint density at radius 3 is 2.00 bits per heavy atom. The average molecular weight is 292 g/mol. The highest BCUT2D eigenvalue weighted by Gasteiger charge is 2.19. The Bertz CT molecular complexity index is 255. The van der Waals surface area contributed by atoms with Crippen LogP contribution in [0.25, 0.3) is 0 Å². The van der Waals surface area contributed by atoms with Crippen molar-refractivity contribution < 1.29 is 26.4 Å². The Morgan fingerprint density at radius 1 is 1.05 bits per heavy atom. The summed E-state index contributed by atoms with van der Waals surface area (Å²) in [6.45, 7) is 17.4. The zero-order valence-corrected chi connectivity index (χ0v) is 13.8. The molecule has 0 heterocycles. The molecule has 0 aromatic heterocycles. The summed E-state index contributed by atoms with van der Waals surface area (Å²) in [5.74, 6) is -0.268. The number of rotatable bonds is 10. The van der Waals surface area contributed by atoms with Gasteiger partial charge in [0.1, 0.15) is 0 Å². The lowest BCUT2D eigenvalue weighted by Crippen LogP contribution is -3.00. The van der Waals surface area contributed by atoms with Crippen molar-refractivity contribution in [2.75, 3.05) is 32.8 Å². The van der Waals surface area contributed by atoms with Crippen molar-refractivity contribution in [2.45, 2.75) is 47.0 Å². The third-order valence-electron chi connectivity index (χ3n) is 3.87. The van der Waals surface area contributed by atoms with E-state index in [1.807, 2.05) is 0 Å². The van der Waals surface area contributed by atoms with Gasteiger partial charge in [-0.05, 0) is 47.0 Å². The van der Waals surface area contributed by atoms with Crippen molar-refractivity contribution in [1.29, 1.82) is 0 Å². The van der Waals surface area contributed by atoms with Gasteiger partial charge >= 0.3 is 5.97 Å². The number of esters is 1. The van der Waals surface area contributed by atoms with Crippen LogP contribution in [0.1, 0.15) is 47.0 Å². The topological polar surface area (TPSA) is 26.3 Å². The number of halogens is 1. The van der Waals surface area contributed by atoms with Crippen LogP contribution in [0.2, 0.25) is 0 Å². The molecule has 0 radical (unpaired) electrons. The molecule has 0 spiro atoms. The molecule has 4 heteroatoms. The van der Waals surface area contributed by atoms with E-state index in [0.717, 1.165) is 12.8 Å². The van der Waals surface area contributed by atoms with Gasteiger partial charge in [-0.3, -0.25) is 0 Å². The van der Waals surface area contributed by atoms with Crippen LogP contribution in [0.4, 0.5) is 0 Å². The number of quaternary nitrogens is 1. The van der Waals surface area contributed by atoms with Gasteiger partial charge in [-0.15, -0.1) is 0 Å². The summed E-state index contributed by atoms with van der Waals surface area (Å²) in [6.07, 6.45) is 3.29. The molecular weight excluding hydrogens is 262 g/mol. The molecule has 0 aromatic carbocycles. The molecule has 114 valence electrons. The standard InChI is InChI=1S/C15H30NO2.ClH/c1-6-16(7-2,8-3)12-10-9-11-13-18-15(17)14(4)5;/h4,6-13H2,1-3,5H3;1H/q+1;/p-1. The summed E-state index contributed by atoms with van der Waals surface area (Å²) in [6, 6.07) is 0. The second-order valence-electron chi connectivity index (χ2n) is 4.99. The fourth-order valence-corrected chi connectivity index (χ4v) is 2.16. The monoisotopic (exact) mass is 291 g/mol. The van der Waals surface area contributed by atoms with Crippen LogP contribution in [0, 0.1) is 0 Å². The highest BCUT2D eigenvalue weighted by molar-refractivity contribution is 5.86. The molecule has 0 atom stereocenters. The molecule has 0 aliphatic heterocycles. The molecule has 0 saturated carbocycles. The molecule has 0 N–H and O–H groups in total. The minimum atomic E-state index is -0.268. The maximum atomic E-state index is 11.1. The zero-order chi connectivity index (χ0) is 14.0. The van der Waals surface area contributed by atoms with Crippen molar-refractivity contribution in [3.8, 4) is 0 Å². The highest BCUT2D eigenvalue weighted by atomic mass is 35.5. The smallest absolute Gasteiger partial charge is 0.333 e. The number of unbranched alkanes of at least 4 members (excludes halogenated alkanes) is 2. The van der Waals surface area contributed by atoms with Crippen molar-refractivity contribution in [2.24, 2.45) is 0 Å². The van der Waals surface area contributed by atoms with E-state index in [4.69, 9.17) is 4.74 Å². The van der Waals surface area contributed by atoms with E-state index in [1.54, 1.807) is 6.92 Å². The average Bonchev–Trinajstić information content (AvgIpc) is 2.38. The fraction of sp³-hybridized carbons (Fsp3) is 0.800. The first-order valence-corrected chi connectivity index (χ1v) is 7.19.